The van der Waals surface area contributed by atoms with Crippen LogP contribution in [0.25, 0.3) is 0 Å². The number of sulfonamides is 1. The van der Waals surface area contributed by atoms with Crippen molar-refractivity contribution < 1.29 is 32.2 Å². The lowest BCUT2D eigenvalue weighted by Gasteiger charge is -2.34. The van der Waals surface area contributed by atoms with Crippen LogP contribution in [0.5, 0.6) is 17.2 Å². The SMILES string of the molecule is CC[C@H](C(=O)NC1CCCCC1)N(Cc1ccc(OC)cc1)C(=O)CN(c1ccc(OC)c(OC)c1)S(C)(=O)=O. The molecule has 2 aromatic rings. The first kappa shape index (κ1) is 31.1. The monoisotopic (exact) mass is 575 g/mol. The summed E-state index contributed by atoms with van der Waals surface area (Å²) in [6.45, 7) is 1.49. The van der Waals surface area contributed by atoms with Crippen molar-refractivity contribution in [3.05, 3.63) is 48.0 Å². The predicted octanol–water partition coefficient (Wildman–Crippen LogP) is 3.73. The molecule has 1 aliphatic rings. The summed E-state index contributed by atoms with van der Waals surface area (Å²) < 4.78 is 42.7. The lowest BCUT2D eigenvalue weighted by molar-refractivity contribution is -0.140. The Bertz CT molecular complexity index is 1240. The van der Waals surface area contributed by atoms with Gasteiger partial charge in [-0.1, -0.05) is 38.3 Å². The molecule has 1 atom stereocenters. The van der Waals surface area contributed by atoms with Gasteiger partial charge in [-0.3, -0.25) is 13.9 Å². The van der Waals surface area contributed by atoms with Gasteiger partial charge in [0.1, 0.15) is 18.3 Å². The highest BCUT2D eigenvalue weighted by atomic mass is 32.2. The smallest absolute Gasteiger partial charge is 0.244 e. The summed E-state index contributed by atoms with van der Waals surface area (Å²) in [6.07, 6.45) is 6.51. The van der Waals surface area contributed by atoms with E-state index in [0.29, 0.717) is 23.7 Å². The second-order valence-corrected chi connectivity index (χ2v) is 11.9. The number of amides is 2. The molecule has 0 aliphatic heterocycles. The van der Waals surface area contributed by atoms with Crippen molar-refractivity contribution in [2.45, 2.75) is 64.1 Å². The van der Waals surface area contributed by atoms with E-state index in [1.807, 2.05) is 19.1 Å². The Hall–Kier alpha value is -3.47. The van der Waals surface area contributed by atoms with E-state index in [0.717, 1.165) is 48.2 Å². The van der Waals surface area contributed by atoms with Gasteiger partial charge in [-0.25, -0.2) is 8.42 Å². The van der Waals surface area contributed by atoms with Crippen molar-refractivity contribution in [3.8, 4) is 17.2 Å². The molecule has 2 amide bonds. The number of hydrogen-bond acceptors (Lipinski definition) is 7. The Kier molecular flexibility index (Phi) is 11.1. The van der Waals surface area contributed by atoms with Crippen LogP contribution in [0.1, 0.15) is 51.0 Å². The molecule has 0 bridgehead atoms. The summed E-state index contributed by atoms with van der Waals surface area (Å²) in [6, 6.07) is 11.2. The zero-order valence-electron chi connectivity index (χ0n) is 24.0. The second kappa shape index (κ2) is 14.2. The molecule has 220 valence electrons. The summed E-state index contributed by atoms with van der Waals surface area (Å²) in [7, 11) is 0.626. The minimum Gasteiger partial charge on any atom is -0.497 e. The zero-order chi connectivity index (χ0) is 29.3. The van der Waals surface area contributed by atoms with Crippen LogP contribution in [-0.2, 0) is 26.2 Å². The summed E-state index contributed by atoms with van der Waals surface area (Å²) in [5.74, 6) is 0.697. The zero-order valence-corrected chi connectivity index (χ0v) is 24.8. The van der Waals surface area contributed by atoms with Crippen molar-refractivity contribution in [1.29, 1.82) is 0 Å². The Labute approximate surface area is 237 Å². The molecular formula is C29H41N3O7S. The van der Waals surface area contributed by atoms with Crippen molar-refractivity contribution in [1.82, 2.24) is 10.2 Å². The number of hydrogen-bond donors (Lipinski definition) is 1. The van der Waals surface area contributed by atoms with Crippen LogP contribution in [0.2, 0.25) is 0 Å². The van der Waals surface area contributed by atoms with Crippen molar-refractivity contribution in [2.75, 3.05) is 38.4 Å². The Balaban J connectivity index is 1.94. The van der Waals surface area contributed by atoms with E-state index < -0.39 is 28.5 Å². The van der Waals surface area contributed by atoms with Gasteiger partial charge in [0.2, 0.25) is 21.8 Å². The molecule has 2 aromatic carbocycles. The maximum absolute atomic E-state index is 13.9. The molecule has 0 heterocycles. The fourth-order valence-electron chi connectivity index (χ4n) is 4.99. The van der Waals surface area contributed by atoms with Crippen LogP contribution in [-0.4, -0.2) is 71.3 Å². The topological polar surface area (TPSA) is 114 Å². The maximum atomic E-state index is 13.9. The quantitative estimate of drug-likeness (QED) is 0.387. The van der Waals surface area contributed by atoms with E-state index in [2.05, 4.69) is 5.32 Å². The number of anilines is 1. The molecule has 0 radical (unpaired) electrons. The lowest BCUT2D eigenvalue weighted by Crippen LogP contribution is -2.53. The molecule has 1 aliphatic carbocycles. The highest BCUT2D eigenvalue weighted by Crippen LogP contribution is 2.32. The largest absolute Gasteiger partial charge is 0.497 e. The fourth-order valence-corrected chi connectivity index (χ4v) is 5.83. The molecule has 0 aromatic heterocycles. The summed E-state index contributed by atoms with van der Waals surface area (Å²) in [5.41, 5.74) is 1.03. The Morgan fingerprint density at radius 1 is 0.950 bits per heavy atom. The number of carbonyl (C=O) groups is 2. The maximum Gasteiger partial charge on any atom is 0.244 e. The molecule has 11 heteroatoms. The van der Waals surface area contributed by atoms with Gasteiger partial charge >= 0.3 is 0 Å². The summed E-state index contributed by atoms with van der Waals surface area (Å²) in [5, 5.41) is 3.14. The summed E-state index contributed by atoms with van der Waals surface area (Å²) in [4.78, 5) is 28.9. The van der Waals surface area contributed by atoms with Gasteiger partial charge in [-0.15, -0.1) is 0 Å². The van der Waals surface area contributed by atoms with Gasteiger partial charge in [-0.05, 0) is 49.1 Å². The van der Waals surface area contributed by atoms with Gasteiger partial charge in [0.05, 0.1) is 33.3 Å². The number of rotatable bonds is 13. The molecular weight excluding hydrogens is 534 g/mol. The molecule has 10 nitrogen and oxygen atoms in total. The lowest BCUT2D eigenvalue weighted by atomic mass is 9.95. The molecule has 0 spiro atoms. The second-order valence-electron chi connectivity index (χ2n) is 9.95. The van der Waals surface area contributed by atoms with Crippen molar-refractivity contribution in [2.24, 2.45) is 0 Å². The first-order valence-electron chi connectivity index (χ1n) is 13.5. The third-order valence-electron chi connectivity index (χ3n) is 7.18. The molecule has 1 N–H and O–H groups in total. The van der Waals surface area contributed by atoms with Crippen LogP contribution >= 0.6 is 0 Å². The van der Waals surface area contributed by atoms with Gasteiger partial charge < -0.3 is 24.4 Å². The summed E-state index contributed by atoms with van der Waals surface area (Å²) >= 11 is 0. The Morgan fingerprint density at radius 2 is 1.60 bits per heavy atom. The fraction of sp³-hybridized carbons (Fsp3) is 0.517. The molecule has 40 heavy (non-hydrogen) atoms. The van der Waals surface area contributed by atoms with E-state index in [-0.39, 0.29) is 24.2 Å². The van der Waals surface area contributed by atoms with Crippen LogP contribution in [0.3, 0.4) is 0 Å². The first-order chi connectivity index (χ1) is 19.1. The van der Waals surface area contributed by atoms with Gasteiger partial charge in [0.15, 0.2) is 11.5 Å². The van der Waals surface area contributed by atoms with E-state index in [4.69, 9.17) is 14.2 Å². The van der Waals surface area contributed by atoms with Crippen molar-refractivity contribution >= 4 is 27.5 Å². The standard InChI is InChI=1S/C29H41N3O7S/c1-6-25(29(34)30-22-10-8-7-9-11-22)31(19-21-12-15-24(37-2)16-13-21)28(33)20-32(40(5,35)36)23-14-17-26(38-3)27(18-23)39-4/h12-18,22,25H,6-11,19-20H2,1-5H3,(H,30,34)/t25-/m1/s1. The van der Waals surface area contributed by atoms with Gasteiger partial charge in [-0.2, -0.15) is 0 Å². The number of methoxy groups -OCH3 is 3. The Morgan fingerprint density at radius 3 is 2.15 bits per heavy atom. The van der Waals surface area contributed by atoms with Gasteiger partial charge in [0, 0.05) is 18.7 Å². The van der Waals surface area contributed by atoms with Crippen LogP contribution < -0.4 is 23.8 Å². The van der Waals surface area contributed by atoms with Gasteiger partial charge in [0.25, 0.3) is 0 Å². The number of nitrogens with one attached hydrogen (secondary N) is 1. The third-order valence-corrected chi connectivity index (χ3v) is 8.32. The highest BCUT2D eigenvalue weighted by Gasteiger charge is 2.33. The van der Waals surface area contributed by atoms with E-state index in [9.17, 15) is 18.0 Å². The number of carbonyl (C=O) groups excluding carboxylic acids is 2. The normalized spacial score (nSPS) is 14.6. The molecule has 1 fully saturated rings. The van der Waals surface area contributed by atoms with Crippen LogP contribution in [0.15, 0.2) is 42.5 Å². The average molecular weight is 576 g/mol. The van der Waals surface area contributed by atoms with E-state index >= 15 is 0 Å². The molecule has 1 saturated carbocycles. The first-order valence-corrected chi connectivity index (χ1v) is 15.4. The number of nitrogens with zero attached hydrogens (tertiary/aromatic N) is 2. The number of benzene rings is 2. The third kappa shape index (κ3) is 8.03. The molecule has 3 rings (SSSR count). The van der Waals surface area contributed by atoms with Crippen LogP contribution in [0, 0.1) is 0 Å². The average Bonchev–Trinajstić information content (AvgIpc) is 2.95. The van der Waals surface area contributed by atoms with Crippen LogP contribution in [0.4, 0.5) is 5.69 Å². The predicted molar refractivity (Wildman–Crippen MR) is 154 cm³/mol. The minimum absolute atomic E-state index is 0.0764. The minimum atomic E-state index is -3.88. The molecule has 0 unspecified atom stereocenters. The molecule has 0 saturated heterocycles. The van der Waals surface area contributed by atoms with E-state index in [1.165, 1.54) is 25.2 Å². The number of ether oxygens (including phenoxy) is 3. The highest BCUT2D eigenvalue weighted by molar-refractivity contribution is 7.92. The van der Waals surface area contributed by atoms with Crippen molar-refractivity contribution in [3.63, 3.8) is 0 Å². The van der Waals surface area contributed by atoms with E-state index in [1.54, 1.807) is 31.4 Å².